The van der Waals surface area contributed by atoms with Crippen LogP contribution in [0, 0.1) is 12.8 Å². The first-order chi connectivity index (χ1) is 20.9. The Balaban J connectivity index is 1.51. The van der Waals surface area contributed by atoms with Crippen LogP contribution in [0.5, 0.6) is 0 Å². The van der Waals surface area contributed by atoms with Crippen LogP contribution in [0.1, 0.15) is 40.5 Å². The first-order valence-electron chi connectivity index (χ1n) is 13.9. The highest BCUT2D eigenvalue weighted by Crippen LogP contribution is 2.37. The van der Waals surface area contributed by atoms with Gasteiger partial charge in [0.2, 0.25) is 0 Å². The van der Waals surface area contributed by atoms with Gasteiger partial charge in [-0.15, -0.1) is 0 Å². The van der Waals surface area contributed by atoms with Crippen molar-refractivity contribution in [2.45, 2.75) is 30.7 Å². The number of aromatic nitrogens is 2. The van der Waals surface area contributed by atoms with Crippen LogP contribution in [-0.4, -0.2) is 48.8 Å². The van der Waals surface area contributed by atoms with Crippen LogP contribution in [0.4, 0.5) is 5.69 Å². The monoisotopic (exact) mass is 676 g/mol. The van der Waals surface area contributed by atoms with E-state index in [4.69, 9.17) is 39.5 Å². The molecule has 3 aromatic carbocycles. The number of nitrogens with zero attached hydrogens (tertiary/aromatic N) is 3. The van der Waals surface area contributed by atoms with Gasteiger partial charge in [-0.3, -0.25) is 19.0 Å². The Kier molecular flexibility index (Phi) is 9.48. The van der Waals surface area contributed by atoms with Crippen molar-refractivity contribution in [3.05, 3.63) is 109 Å². The van der Waals surface area contributed by atoms with Crippen LogP contribution in [0.3, 0.4) is 0 Å². The zero-order valence-corrected chi connectivity index (χ0v) is 27.3. The number of rotatable bonds is 8. The fourth-order valence-electron chi connectivity index (χ4n) is 5.59. The molecule has 1 atom stereocenters. The average Bonchev–Trinajstić information content (AvgIpc) is 3.22. The number of halogens is 3. The second-order valence-corrected chi connectivity index (χ2v) is 13.5. The zero-order chi connectivity index (χ0) is 31.8. The van der Waals surface area contributed by atoms with Crippen molar-refractivity contribution >= 4 is 56.4 Å². The van der Waals surface area contributed by atoms with Gasteiger partial charge in [0.15, 0.2) is 0 Å². The third kappa shape index (κ3) is 6.27. The molecule has 0 bridgehead atoms. The minimum absolute atomic E-state index is 0.0276. The Labute approximate surface area is 270 Å². The van der Waals surface area contributed by atoms with E-state index in [-0.39, 0.29) is 33.3 Å². The van der Waals surface area contributed by atoms with Crippen molar-refractivity contribution in [2.75, 3.05) is 25.0 Å². The van der Waals surface area contributed by atoms with Gasteiger partial charge in [-0.1, -0.05) is 65.1 Å². The Morgan fingerprint density at radius 1 is 1.02 bits per heavy atom. The molecule has 1 amide bonds. The van der Waals surface area contributed by atoms with Gasteiger partial charge in [0.05, 0.1) is 27.5 Å². The maximum absolute atomic E-state index is 14.0. The van der Waals surface area contributed by atoms with E-state index in [9.17, 15) is 18.0 Å². The molecule has 0 aliphatic carbocycles. The Hall–Kier alpha value is -3.28. The van der Waals surface area contributed by atoms with Crippen molar-refractivity contribution in [1.82, 2.24) is 14.3 Å². The maximum Gasteiger partial charge on any atom is 0.296 e. The number of nitrogens with one attached hydrogen (secondary N) is 1. The summed E-state index contributed by atoms with van der Waals surface area (Å²) in [6.07, 6.45) is 1.49. The number of hydrogen-bond donors (Lipinski definition) is 1. The molecule has 232 valence electrons. The van der Waals surface area contributed by atoms with Gasteiger partial charge in [0, 0.05) is 37.9 Å². The van der Waals surface area contributed by atoms with Gasteiger partial charge < -0.3 is 9.64 Å². The van der Waals surface area contributed by atoms with Crippen molar-refractivity contribution in [3.63, 3.8) is 0 Å². The van der Waals surface area contributed by atoms with Crippen molar-refractivity contribution < 1.29 is 17.9 Å². The lowest BCUT2D eigenvalue weighted by Gasteiger charge is -2.37. The number of ether oxygens (including phenoxy) is 1. The molecule has 0 radical (unpaired) electrons. The molecule has 0 spiro atoms. The van der Waals surface area contributed by atoms with Crippen LogP contribution in [-0.2, 0) is 21.8 Å². The molecule has 2 heterocycles. The molecule has 1 saturated heterocycles. The normalized spacial score (nSPS) is 14.8. The number of para-hydroxylation sites is 1. The Morgan fingerprint density at radius 3 is 2.30 bits per heavy atom. The summed E-state index contributed by atoms with van der Waals surface area (Å²) in [6, 6.07) is 18.3. The molecule has 4 aromatic rings. The first-order valence-corrected chi connectivity index (χ1v) is 16.5. The molecule has 0 saturated carbocycles. The van der Waals surface area contributed by atoms with Crippen LogP contribution >= 0.6 is 34.8 Å². The lowest BCUT2D eigenvalue weighted by atomic mass is 9.86. The van der Waals surface area contributed by atoms with E-state index in [0.29, 0.717) is 29.6 Å². The summed E-state index contributed by atoms with van der Waals surface area (Å²) in [7, 11) is -1.15. The first kappa shape index (κ1) is 32.1. The van der Waals surface area contributed by atoms with E-state index in [0.717, 1.165) is 18.4 Å². The molecule has 1 aromatic heterocycles. The van der Waals surface area contributed by atoms with Gasteiger partial charge >= 0.3 is 0 Å². The van der Waals surface area contributed by atoms with Gasteiger partial charge in [0.1, 0.15) is 10.6 Å². The van der Waals surface area contributed by atoms with E-state index in [1.54, 1.807) is 67.0 Å². The third-order valence-corrected chi connectivity index (χ3v) is 10.5. The maximum atomic E-state index is 14.0. The number of hydrogen-bond acceptors (Lipinski definition) is 5. The molecule has 44 heavy (non-hydrogen) atoms. The van der Waals surface area contributed by atoms with E-state index in [2.05, 4.69) is 4.72 Å². The lowest BCUT2D eigenvalue weighted by Crippen LogP contribution is -2.37. The van der Waals surface area contributed by atoms with Gasteiger partial charge in [-0.2, -0.15) is 0 Å². The standard InChI is InChI=1S/C31H31Cl3N4O5S/c1-19-28(31(40)38(37(19)3)24-7-5-4-6-8-24)35-44(41,42)26-18-22(17-25(33)27(26)34)30(39)36(2)29(21-13-15-43-16-14-21)20-9-11-23(32)12-10-20/h4-12,17-18,21,29,35H,13-16H2,1-3H3. The van der Waals surface area contributed by atoms with E-state index in [1.807, 2.05) is 18.2 Å². The smallest absolute Gasteiger partial charge is 0.296 e. The molecule has 1 unspecified atom stereocenters. The fourth-order valence-corrected chi connectivity index (χ4v) is 7.65. The summed E-state index contributed by atoms with van der Waals surface area (Å²) in [6.45, 7) is 2.76. The highest BCUT2D eigenvalue weighted by atomic mass is 35.5. The van der Waals surface area contributed by atoms with Crippen molar-refractivity contribution in [1.29, 1.82) is 0 Å². The summed E-state index contributed by atoms with van der Waals surface area (Å²) < 4.78 is 38.4. The summed E-state index contributed by atoms with van der Waals surface area (Å²) in [5.41, 5.74) is 1.13. The summed E-state index contributed by atoms with van der Waals surface area (Å²) in [4.78, 5) is 28.5. The second kappa shape index (κ2) is 13.0. The minimum atomic E-state index is -4.47. The second-order valence-electron chi connectivity index (χ2n) is 10.7. The van der Waals surface area contributed by atoms with Crippen molar-refractivity contribution in [3.8, 4) is 5.69 Å². The summed E-state index contributed by atoms with van der Waals surface area (Å²) in [5.74, 6) is -0.354. The Morgan fingerprint density at radius 2 is 1.66 bits per heavy atom. The molecule has 1 N–H and O–H groups in total. The van der Waals surface area contributed by atoms with Crippen LogP contribution in [0.15, 0.2) is 76.4 Å². The van der Waals surface area contributed by atoms with E-state index < -0.39 is 26.4 Å². The molecular formula is C31H31Cl3N4O5S. The van der Waals surface area contributed by atoms with Gasteiger partial charge in [-0.05, 0) is 67.6 Å². The number of carbonyl (C=O) groups is 1. The quantitative estimate of drug-likeness (QED) is 0.230. The number of anilines is 1. The predicted molar refractivity (Wildman–Crippen MR) is 173 cm³/mol. The predicted octanol–water partition coefficient (Wildman–Crippen LogP) is 6.49. The minimum Gasteiger partial charge on any atom is -0.381 e. The van der Waals surface area contributed by atoms with Crippen LogP contribution < -0.4 is 10.3 Å². The van der Waals surface area contributed by atoms with E-state index >= 15 is 0 Å². The van der Waals surface area contributed by atoms with Crippen LogP contribution in [0.2, 0.25) is 15.1 Å². The highest BCUT2D eigenvalue weighted by Gasteiger charge is 2.33. The van der Waals surface area contributed by atoms with Gasteiger partial charge in [0.25, 0.3) is 21.5 Å². The number of benzene rings is 3. The largest absolute Gasteiger partial charge is 0.381 e. The van der Waals surface area contributed by atoms with Gasteiger partial charge in [-0.25, -0.2) is 13.1 Å². The highest BCUT2D eigenvalue weighted by molar-refractivity contribution is 7.92. The molecule has 1 fully saturated rings. The third-order valence-electron chi connectivity index (χ3n) is 7.98. The molecule has 13 heteroatoms. The topological polar surface area (TPSA) is 103 Å². The van der Waals surface area contributed by atoms with Crippen LogP contribution in [0.25, 0.3) is 5.69 Å². The molecular weight excluding hydrogens is 647 g/mol. The molecule has 9 nitrogen and oxygen atoms in total. The van der Waals surface area contributed by atoms with E-state index in [1.165, 1.54) is 16.8 Å². The number of amides is 1. The summed E-state index contributed by atoms with van der Waals surface area (Å²) >= 11 is 19.0. The zero-order valence-electron chi connectivity index (χ0n) is 24.3. The molecule has 5 rings (SSSR count). The summed E-state index contributed by atoms with van der Waals surface area (Å²) in [5, 5.41) is 0.186. The molecule has 1 aliphatic heterocycles. The molecule has 1 aliphatic rings. The Bertz CT molecular complexity index is 1850. The number of sulfonamides is 1. The van der Waals surface area contributed by atoms with Crippen molar-refractivity contribution in [2.24, 2.45) is 13.0 Å². The fraction of sp³-hybridized carbons (Fsp3) is 0.290. The number of carbonyl (C=O) groups excluding carboxylic acids is 1. The lowest BCUT2D eigenvalue weighted by molar-refractivity contribution is 0.0280. The SMILES string of the molecule is Cc1c(NS(=O)(=O)c2cc(C(=O)N(C)C(c3ccc(Cl)cc3)C3CCOCC3)cc(Cl)c2Cl)c(=O)n(-c2ccccc2)n1C. The average molecular weight is 678 g/mol.